The van der Waals surface area contributed by atoms with Crippen molar-refractivity contribution in [2.24, 2.45) is 0 Å². The number of hydrogen-bond donors (Lipinski definition) is 3. The number of carboxylic acids is 1. The van der Waals surface area contributed by atoms with Crippen LogP contribution < -0.4 is 0 Å². The number of fused-ring (bicyclic) bond motifs is 2. The van der Waals surface area contributed by atoms with E-state index in [-0.39, 0.29) is 16.7 Å². The standard InChI is InChI=1S/C15H7ClO6/c16-12-6(15(21)22)4-8(18)10-11(12)13(19)5-2-1-3-7(17)9(5)14(10)20/h1-4,17-18H,(H,21,22). The molecule has 22 heavy (non-hydrogen) atoms. The molecule has 0 amide bonds. The number of rotatable bonds is 1. The molecule has 0 atom stereocenters. The fourth-order valence-electron chi connectivity index (χ4n) is 2.47. The summed E-state index contributed by atoms with van der Waals surface area (Å²) in [5.41, 5.74) is -1.60. The summed E-state index contributed by atoms with van der Waals surface area (Å²) in [4.78, 5) is 36.1. The number of aromatic carboxylic acids is 1. The minimum absolute atomic E-state index is 0.0960. The van der Waals surface area contributed by atoms with Crippen molar-refractivity contribution in [3.8, 4) is 11.5 Å². The molecule has 2 aromatic rings. The summed E-state index contributed by atoms with van der Waals surface area (Å²) in [7, 11) is 0. The summed E-state index contributed by atoms with van der Waals surface area (Å²) < 4.78 is 0. The van der Waals surface area contributed by atoms with Crippen molar-refractivity contribution in [1.29, 1.82) is 0 Å². The first-order valence-electron chi connectivity index (χ1n) is 6.04. The number of phenolic OH excluding ortho intramolecular Hbond substituents is 2. The number of hydrogen-bond acceptors (Lipinski definition) is 5. The Morgan fingerprint density at radius 3 is 2.27 bits per heavy atom. The van der Waals surface area contributed by atoms with Crippen molar-refractivity contribution in [3.05, 3.63) is 57.1 Å². The number of aromatic hydroxyl groups is 2. The summed E-state index contributed by atoms with van der Waals surface area (Å²) in [6.07, 6.45) is 0. The van der Waals surface area contributed by atoms with Gasteiger partial charge < -0.3 is 15.3 Å². The van der Waals surface area contributed by atoms with E-state index in [1.165, 1.54) is 18.2 Å². The Hall–Kier alpha value is -2.86. The molecule has 0 bridgehead atoms. The maximum absolute atomic E-state index is 12.5. The third-order valence-electron chi connectivity index (χ3n) is 3.44. The molecule has 0 fully saturated rings. The number of halogens is 1. The van der Waals surface area contributed by atoms with Gasteiger partial charge in [0.1, 0.15) is 11.5 Å². The summed E-state index contributed by atoms with van der Waals surface area (Å²) in [5, 5.41) is 28.4. The molecule has 3 N–H and O–H groups in total. The van der Waals surface area contributed by atoms with E-state index in [9.17, 15) is 24.6 Å². The number of carbonyl (C=O) groups is 3. The van der Waals surface area contributed by atoms with Crippen LogP contribution in [0, 0.1) is 0 Å². The summed E-state index contributed by atoms with van der Waals surface area (Å²) in [6, 6.07) is 4.73. The lowest BCUT2D eigenvalue weighted by Gasteiger charge is -2.20. The smallest absolute Gasteiger partial charge is 0.337 e. The van der Waals surface area contributed by atoms with E-state index in [0.717, 1.165) is 6.07 Å². The molecule has 110 valence electrons. The molecule has 0 aromatic heterocycles. The van der Waals surface area contributed by atoms with Crippen molar-refractivity contribution >= 4 is 29.1 Å². The third kappa shape index (κ3) is 1.71. The second kappa shape index (κ2) is 4.57. The van der Waals surface area contributed by atoms with Crippen LogP contribution in [0.25, 0.3) is 0 Å². The lowest BCUT2D eigenvalue weighted by molar-refractivity contribution is 0.0696. The normalized spacial score (nSPS) is 12.8. The summed E-state index contributed by atoms with van der Waals surface area (Å²) >= 11 is 5.93. The summed E-state index contributed by atoms with van der Waals surface area (Å²) in [5.74, 6) is -4.05. The lowest BCUT2D eigenvalue weighted by atomic mass is 9.82. The maximum atomic E-state index is 12.5. The van der Waals surface area contributed by atoms with E-state index >= 15 is 0 Å². The van der Waals surface area contributed by atoms with Crippen LogP contribution in [0.5, 0.6) is 11.5 Å². The van der Waals surface area contributed by atoms with Gasteiger partial charge in [-0.15, -0.1) is 0 Å². The van der Waals surface area contributed by atoms with E-state index in [4.69, 9.17) is 16.7 Å². The van der Waals surface area contributed by atoms with Crippen molar-refractivity contribution in [2.75, 3.05) is 0 Å². The number of ketones is 2. The van der Waals surface area contributed by atoms with Gasteiger partial charge in [0.2, 0.25) is 5.78 Å². The highest BCUT2D eigenvalue weighted by molar-refractivity contribution is 6.41. The van der Waals surface area contributed by atoms with Gasteiger partial charge in [-0.1, -0.05) is 23.7 Å². The van der Waals surface area contributed by atoms with E-state index < -0.39 is 45.2 Å². The molecule has 0 unspecified atom stereocenters. The van der Waals surface area contributed by atoms with Crippen molar-refractivity contribution in [1.82, 2.24) is 0 Å². The van der Waals surface area contributed by atoms with Crippen molar-refractivity contribution in [3.63, 3.8) is 0 Å². The first-order chi connectivity index (χ1) is 10.3. The van der Waals surface area contributed by atoms with Crippen LogP contribution in [0.3, 0.4) is 0 Å². The molecule has 0 radical (unpaired) electrons. The monoisotopic (exact) mass is 318 g/mol. The average Bonchev–Trinajstić information content (AvgIpc) is 2.46. The second-order valence-corrected chi connectivity index (χ2v) is 5.05. The maximum Gasteiger partial charge on any atom is 0.337 e. The van der Waals surface area contributed by atoms with Gasteiger partial charge in [0, 0.05) is 5.56 Å². The zero-order valence-electron chi connectivity index (χ0n) is 10.8. The molecule has 1 aliphatic carbocycles. The third-order valence-corrected chi connectivity index (χ3v) is 3.83. The number of carboxylic acid groups (broad SMARTS) is 1. The van der Waals surface area contributed by atoms with Crippen LogP contribution in [0.15, 0.2) is 24.3 Å². The Kier molecular flexibility index (Phi) is 2.93. The molecule has 0 saturated carbocycles. The van der Waals surface area contributed by atoms with E-state index in [1.807, 2.05) is 0 Å². The fraction of sp³-hybridized carbons (Fsp3) is 0. The molecular formula is C15H7ClO6. The van der Waals surface area contributed by atoms with Crippen LogP contribution >= 0.6 is 11.6 Å². The fourth-order valence-corrected chi connectivity index (χ4v) is 2.79. The summed E-state index contributed by atoms with van der Waals surface area (Å²) in [6.45, 7) is 0. The molecule has 0 heterocycles. The first-order valence-corrected chi connectivity index (χ1v) is 6.42. The molecule has 3 rings (SSSR count). The van der Waals surface area contributed by atoms with Gasteiger partial charge in [-0.2, -0.15) is 0 Å². The van der Waals surface area contributed by atoms with E-state index in [1.54, 1.807) is 0 Å². The molecular weight excluding hydrogens is 312 g/mol. The quantitative estimate of drug-likeness (QED) is 0.634. The molecule has 7 heteroatoms. The van der Waals surface area contributed by atoms with Gasteiger partial charge in [0.05, 0.1) is 27.3 Å². The van der Waals surface area contributed by atoms with Gasteiger partial charge in [-0.25, -0.2) is 4.79 Å². The van der Waals surface area contributed by atoms with Crippen LogP contribution in [-0.2, 0) is 0 Å². The zero-order chi connectivity index (χ0) is 16.2. The zero-order valence-corrected chi connectivity index (χ0v) is 11.5. The van der Waals surface area contributed by atoms with E-state index in [0.29, 0.717) is 0 Å². The second-order valence-electron chi connectivity index (χ2n) is 4.67. The molecule has 0 spiro atoms. The van der Waals surface area contributed by atoms with Gasteiger partial charge in [-0.3, -0.25) is 9.59 Å². The van der Waals surface area contributed by atoms with Gasteiger partial charge in [0.25, 0.3) is 0 Å². The molecule has 1 aliphatic rings. The predicted molar refractivity (Wildman–Crippen MR) is 75.0 cm³/mol. The Labute approximate surface area is 128 Å². The molecule has 6 nitrogen and oxygen atoms in total. The van der Waals surface area contributed by atoms with Gasteiger partial charge in [0.15, 0.2) is 5.78 Å². The molecule has 2 aromatic carbocycles. The van der Waals surface area contributed by atoms with Gasteiger partial charge in [-0.05, 0) is 12.1 Å². The first kappa shape index (κ1) is 14.1. The van der Waals surface area contributed by atoms with Gasteiger partial charge >= 0.3 is 5.97 Å². The SMILES string of the molecule is O=C(O)c1cc(O)c2c(c1Cl)C(=O)c1cccc(O)c1C2=O. The highest BCUT2D eigenvalue weighted by Gasteiger charge is 2.37. The number of phenols is 2. The topological polar surface area (TPSA) is 112 Å². The van der Waals surface area contributed by atoms with Crippen LogP contribution in [0.4, 0.5) is 0 Å². The number of benzene rings is 2. The minimum atomic E-state index is -1.44. The molecule has 0 aliphatic heterocycles. The highest BCUT2D eigenvalue weighted by atomic mass is 35.5. The largest absolute Gasteiger partial charge is 0.507 e. The highest BCUT2D eigenvalue weighted by Crippen LogP contribution is 2.41. The Balaban J connectivity index is 2.42. The predicted octanol–water partition coefficient (Wildman–Crippen LogP) is 2.22. The Morgan fingerprint density at radius 2 is 1.64 bits per heavy atom. The van der Waals surface area contributed by atoms with Crippen molar-refractivity contribution in [2.45, 2.75) is 0 Å². The van der Waals surface area contributed by atoms with E-state index in [2.05, 4.69) is 0 Å². The lowest BCUT2D eigenvalue weighted by Crippen LogP contribution is -2.22. The Morgan fingerprint density at radius 1 is 0.955 bits per heavy atom. The molecule has 0 saturated heterocycles. The average molecular weight is 319 g/mol. The van der Waals surface area contributed by atoms with Crippen LogP contribution in [0.2, 0.25) is 5.02 Å². The van der Waals surface area contributed by atoms with Crippen LogP contribution in [0.1, 0.15) is 42.2 Å². The Bertz CT molecular complexity index is 884. The van der Waals surface area contributed by atoms with Crippen molar-refractivity contribution < 1.29 is 29.7 Å². The number of carbonyl (C=O) groups excluding carboxylic acids is 2. The van der Waals surface area contributed by atoms with Crippen LogP contribution in [-0.4, -0.2) is 32.9 Å². The minimum Gasteiger partial charge on any atom is -0.507 e.